The normalized spacial score (nSPS) is 11.9. The summed E-state index contributed by atoms with van der Waals surface area (Å²) in [7, 11) is 1.30. The summed E-state index contributed by atoms with van der Waals surface area (Å²) in [6, 6.07) is 5.37. The van der Waals surface area contributed by atoms with Crippen LogP contribution < -0.4 is 5.32 Å². The van der Waals surface area contributed by atoms with E-state index in [0.717, 1.165) is 0 Å². The standard InChI is InChI=1S/C14H16FN3O2/c1-3-18-9-16-8-12(18)13(14(19)20-2)17-11-7-5-4-6-10(11)15/h4-9,13,17H,3H2,1-2H3. The molecule has 20 heavy (non-hydrogen) atoms. The van der Waals surface area contributed by atoms with Crippen molar-refractivity contribution in [3.05, 3.63) is 48.3 Å². The van der Waals surface area contributed by atoms with Gasteiger partial charge in [-0.1, -0.05) is 12.1 Å². The molecule has 1 heterocycles. The van der Waals surface area contributed by atoms with Crippen LogP contribution in [0.25, 0.3) is 0 Å². The molecule has 0 saturated carbocycles. The number of nitrogens with zero attached hydrogens (tertiary/aromatic N) is 2. The highest BCUT2D eigenvalue weighted by atomic mass is 19.1. The fourth-order valence-electron chi connectivity index (χ4n) is 1.94. The summed E-state index contributed by atoms with van der Waals surface area (Å²) in [6.45, 7) is 2.59. The minimum Gasteiger partial charge on any atom is -0.467 e. The molecule has 0 saturated heterocycles. The lowest BCUT2D eigenvalue weighted by Gasteiger charge is -2.19. The number of imidazole rings is 1. The van der Waals surface area contributed by atoms with Gasteiger partial charge in [0, 0.05) is 6.54 Å². The first-order chi connectivity index (χ1) is 9.67. The van der Waals surface area contributed by atoms with E-state index in [2.05, 4.69) is 10.3 Å². The SMILES string of the molecule is CCn1cncc1C(Nc1ccccc1F)C(=O)OC. The molecule has 2 rings (SSSR count). The number of methoxy groups -OCH3 is 1. The number of para-hydroxylation sites is 1. The van der Waals surface area contributed by atoms with Crippen LogP contribution in [0.5, 0.6) is 0 Å². The first-order valence-corrected chi connectivity index (χ1v) is 6.26. The lowest BCUT2D eigenvalue weighted by molar-refractivity contribution is -0.141. The van der Waals surface area contributed by atoms with Gasteiger partial charge in [0.15, 0.2) is 6.04 Å². The maximum Gasteiger partial charge on any atom is 0.334 e. The molecule has 0 bridgehead atoms. The highest BCUT2D eigenvalue weighted by molar-refractivity contribution is 5.80. The van der Waals surface area contributed by atoms with E-state index in [4.69, 9.17) is 4.74 Å². The molecule has 1 aromatic heterocycles. The Labute approximate surface area is 116 Å². The summed E-state index contributed by atoms with van der Waals surface area (Å²) in [5.41, 5.74) is 0.870. The summed E-state index contributed by atoms with van der Waals surface area (Å²) in [4.78, 5) is 16.0. The van der Waals surface area contributed by atoms with E-state index in [0.29, 0.717) is 12.2 Å². The molecule has 1 aromatic carbocycles. The Hall–Kier alpha value is -2.37. The molecule has 5 nitrogen and oxygen atoms in total. The van der Waals surface area contributed by atoms with Crippen LogP contribution >= 0.6 is 0 Å². The lowest BCUT2D eigenvalue weighted by Crippen LogP contribution is -2.25. The van der Waals surface area contributed by atoms with Crippen LogP contribution in [-0.2, 0) is 16.1 Å². The summed E-state index contributed by atoms with van der Waals surface area (Å²) in [6.07, 6.45) is 3.19. The van der Waals surface area contributed by atoms with Gasteiger partial charge in [-0.25, -0.2) is 14.2 Å². The Kier molecular flexibility index (Phi) is 4.34. The molecule has 0 fully saturated rings. The van der Waals surface area contributed by atoms with Gasteiger partial charge in [0.25, 0.3) is 0 Å². The fraction of sp³-hybridized carbons (Fsp3) is 0.286. The van der Waals surface area contributed by atoms with Crippen molar-refractivity contribution < 1.29 is 13.9 Å². The predicted molar refractivity (Wildman–Crippen MR) is 72.7 cm³/mol. The highest BCUT2D eigenvalue weighted by Gasteiger charge is 2.25. The number of nitrogens with one attached hydrogen (secondary N) is 1. The largest absolute Gasteiger partial charge is 0.467 e. The molecule has 1 unspecified atom stereocenters. The number of carbonyl (C=O) groups excluding carboxylic acids is 1. The topological polar surface area (TPSA) is 56.2 Å². The second-order valence-electron chi connectivity index (χ2n) is 4.18. The summed E-state index contributed by atoms with van der Waals surface area (Å²) in [5.74, 6) is -0.924. The predicted octanol–water partition coefficient (Wildman–Crippen LogP) is 2.37. The van der Waals surface area contributed by atoms with Crippen LogP contribution in [0.3, 0.4) is 0 Å². The molecule has 1 N–H and O–H groups in total. The summed E-state index contributed by atoms with van der Waals surface area (Å²) < 4.78 is 20.3. The zero-order valence-electron chi connectivity index (χ0n) is 11.3. The number of carbonyl (C=O) groups is 1. The molecular formula is C14H16FN3O2. The average molecular weight is 277 g/mol. The number of aryl methyl sites for hydroxylation is 1. The van der Waals surface area contributed by atoms with Crippen molar-refractivity contribution in [1.29, 1.82) is 0 Å². The second kappa shape index (κ2) is 6.18. The van der Waals surface area contributed by atoms with E-state index in [1.807, 2.05) is 6.92 Å². The van der Waals surface area contributed by atoms with Crippen molar-refractivity contribution >= 4 is 11.7 Å². The van der Waals surface area contributed by atoms with Crippen molar-refractivity contribution in [3.8, 4) is 0 Å². The number of aromatic nitrogens is 2. The van der Waals surface area contributed by atoms with Gasteiger partial charge in [-0.3, -0.25) is 0 Å². The number of ether oxygens (including phenoxy) is 1. The minimum atomic E-state index is -0.806. The Morgan fingerprint density at radius 3 is 2.90 bits per heavy atom. The van der Waals surface area contributed by atoms with Crippen LogP contribution in [0.15, 0.2) is 36.8 Å². The molecule has 0 aliphatic heterocycles. The molecule has 6 heteroatoms. The number of hydrogen-bond donors (Lipinski definition) is 1. The van der Waals surface area contributed by atoms with E-state index in [9.17, 15) is 9.18 Å². The quantitative estimate of drug-likeness (QED) is 0.852. The Bertz CT molecular complexity index is 598. The lowest BCUT2D eigenvalue weighted by atomic mass is 10.2. The van der Waals surface area contributed by atoms with E-state index >= 15 is 0 Å². The summed E-state index contributed by atoms with van der Waals surface area (Å²) in [5, 5.41) is 2.86. The third-order valence-electron chi connectivity index (χ3n) is 2.99. The molecule has 0 radical (unpaired) electrons. The Morgan fingerprint density at radius 1 is 1.50 bits per heavy atom. The van der Waals surface area contributed by atoms with Crippen molar-refractivity contribution in [2.45, 2.75) is 19.5 Å². The Morgan fingerprint density at radius 2 is 2.25 bits per heavy atom. The molecule has 2 aromatic rings. The van der Waals surface area contributed by atoms with E-state index in [1.54, 1.807) is 35.3 Å². The molecular weight excluding hydrogens is 261 g/mol. The van der Waals surface area contributed by atoms with Gasteiger partial charge in [-0.05, 0) is 19.1 Å². The van der Waals surface area contributed by atoms with Crippen molar-refractivity contribution in [2.24, 2.45) is 0 Å². The number of halogens is 1. The smallest absolute Gasteiger partial charge is 0.334 e. The van der Waals surface area contributed by atoms with Crippen LogP contribution in [0, 0.1) is 5.82 Å². The molecule has 1 atom stereocenters. The molecule has 0 aliphatic carbocycles. The minimum absolute atomic E-state index is 0.242. The van der Waals surface area contributed by atoms with Crippen molar-refractivity contribution in [1.82, 2.24) is 9.55 Å². The van der Waals surface area contributed by atoms with Crippen LogP contribution in [0.2, 0.25) is 0 Å². The molecule has 0 spiro atoms. The zero-order chi connectivity index (χ0) is 14.5. The monoisotopic (exact) mass is 277 g/mol. The highest BCUT2D eigenvalue weighted by Crippen LogP contribution is 2.22. The van der Waals surface area contributed by atoms with Gasteiger partial charge in [0.05, 0.1) is 31.0 Å². The maximum absolute atomic E-state index is 13.7. The van der Waals surface area contributed by atoms with Gasteiger partial charge in [-0.15, -0.1) is 0 Å². The number of rotatable bonds is 5. The van der Waals surface area contributed by atoms with Gasteiger partial charge in [0.1, 0.15) is 5.82 Å². The number of benzene rings is 1. The van der Waals surface area contributed by atoms with E-state index < -0.39 is 17.8 Å². The summed E-state index contributed by atoms with van der Waals surface area (Å²) >= 11 is 0. The van der Waals surface area contributed by atoms with Crippen LogP contribution in [0.4, 0.5) is 10.1 Å². The zero-order valence-corrected chi connectivity index (χ0v) is 11.3. The van der Waals surface area contributed by atoms with E-state index in [-0.39, 0.29) is 5.69 Å². The molecule has 106 valence electrons. The van der Waals surface area contributed by atoms with Gasteiger partial charge in [0.2, 0.25) is 0 Å². The fourth-order valence-corrected chi connectivity index (χ4v) is 1.94. The van der Waals surface area contributed by atoms with Gasteiger partial charge >= 0.3 is 5.97 Å². The van der Waals surface area contributed by atoms with Gasteiger partial charge in [-0.2, -0.15) is 0 Å². The van der Waals surface area contributed by atoms with Crippen LogP contribution in [0.1, 0.15) is 18.7 Å². The number of anilines is 1. The van der Waals surface area contributed by atoms with Crippen LogP contribution in [-0.4, -0.2) is 22.6 Å². The Balaban J connectivity index is 2.34. The molecule has 0 aliphatic rings. The van der Waals surface area contributed by atoms with Gasteiger partial charge < -0.3 is 14.6 Å². The second-order valence-corrected chi connectivity index (χ2v) is 4.18. The maximum atomic E-state index is 13.7. The third-order valence-corrected chi connectivity index (χ3v) is 2.99. The third kappa shape index (κ3) is 2.79. The number of hydrogen-bond acceptors (Lipinski definition) is 4. The van der Waals surface area contributed by atoms with E-state index in [1.165, 1.54) is 13.2 Å². The number of esters is 1. The molecule has 0 amide bonds. The van der Waals surface area contributed by atoms with Crippen molar-refractivity contribution in [3.63, 3.8) is 0 Å². The average Bonchev–Trinajstić information content (AvgIpc) is 2.93. The first-order valence-electron chi connectivity index (χ1n) is 6.26. The van der Waals surface area contributed by atoms with Crippen molar-refractivity contribution in [2.75, 3.05) is 12.4 Å². The first kappa shape index (κ1) is 14.0.